The van der Waals surface area contributed by atoms with Crippen molar-refractivity contribution in [2.75, 3.05) is 0 Å². The van der Waals surface area contributed by atoms with Crippen molar-refractivity contribution in [1.29, 1.82) is 0 Å². The van der Waals surface area contributed by atoms with Crippen LogP contribution in [0.1, 0.15) is 5.56 Å². The van der Waals surface area contributed by atoms with Crippen LogP contribution in [0.25, 0.3) is 32.9 Å². The van der Waals surface area contributed by atoms with E-state index in [9.17, 15) is 0 Å². The molecule has 0 saturated carbocycles. The topological polar surface area (TPSA) is 25.2 Å². The molecule has 0 radical (unpaired) electrons. The van der Waals surface area contributed by atoms with E-state index in [1.54, 1.807) is 0 Å². The molecule has 0 atom stereocenters. The maximum absolute atomic E-state index is 4.99. The summed E-state index contributed by atoms with van der Waals surface area (Å²) < 4.78 is 0. The number of rotatable bonds is 3. The molecule has 0 aliphatic carbocycles. The summed E-state index contributed by atoms with van der Waals surface area (Å²) in [7, 11) is 0. The Balaban J connectivity index is 1.65. The smallest absolute Gasteiger partial charge is 0.0965 e. The Hall–Kier alpha value is -3.78. The van der Waals surface area contributed by atoms with Crippen LogP contribution in [0.2, 0.25) is 0 Å². The molecule has 1 aromatic heterocycles. The predicted octanol–water partition coefficient (Wildman–Crippen LogP) is 6.81. The third-order valence-electron chi connectivity index (χ3n) is 4.92. The van der Waals surface area contributed by atoms with Crippen molar-refractivity contribution in [1.82, 2.24) is 4.98 Å². The summed E-state index contributed by atoms with van der Waals surface area (Å²) in [6.45, 7) is 0. The van der Waals surface area contributed by atoms with Gasteiger partial charge in [-0.25, -0.2) is 4.98 Å². The number of para-hydroxylation sites is 1. The van der Waals surface area contributed by atoms with Gasteiger partial charge in [0.2, 0.25) is 0 Å². The highest BCUT2D eigenvalue weighted by atomic mass is 14.8. The highest BCUT2D eigenvalue weighted by Crippen LogP contribution is 2.31. The molecule has 0 fully saturated rings. The van der Waals surface area contributed by atoms with E-state index < -0.39 is 0 Å². The van der Waals surface area contributed by atoms with Crippen LogP contribution in [0.4, 0.5) is 5.69 Å². The van der Waals surface area contributed by atoms with Gasteiger partial charge in [0.05, 0.1) is 16.9 Å². The van der Waals surface area contributed by atoms with Crippen LogP contribution in [0.5, 0.6) is 0 Å². The Morgan fingerprint density at radius 2 is 1.36 bits per heavy atom. The van der Waals surface area contributed by atoms with Gasteiger partial charge in [0.15, 0.2) is 0 Å². The molecule has 0 unspecified atom stereocenters. The third-order valence-corrected chi connectivity index (χ3v) is 4.92. The van der Waals surface area contributed by atoms with Gasteiger partial charge in [0.25, 0.3) is 0 Å². The van der Waals surface area contributed by atoms with E-state index in [0.29, 0.717) is 0 Å². The first-order valence-corrected chi connectivity index (χ1v) is 9.35. The first-order valence-electron chi connectivity index (χ1n) is 9.35. The highest BCUT2D eigenvalue weighted by Gasteiger charge is 2.08. The Labute approximate surface area is 163 Å². The minimum absolute atomic E-state index is 0.878. The summed E-state index contributed by atoms with van der Waals surface area (Å²) in [4.78, 5) is 9.71. The van der Waals surface area contributed by atoms with E-state index in [1.807, 2.05) is 48.7 Å². The molecule has 2 nitrogen and oxygen atoms in total. The largest absolute Gasteiger partial charge is 0.254 e. The zero-order valence-electron chi connectivity index (χ0n) is 15.3. The number of aliphatic imine (C=N–C) groups is 1. The zero-order valence-corrected chi connectivity index (χ0v) is 15.3. The molecule has 0 bridgehead atoms. The predicted molar refractivity (Wildman–Crippen MR) is 118 cm³/mol. The SMILES string of the molecule is C(=Nc1cccc2ccc(-c3cccc4ccccc34)nc12)c1ccccc1. The molecular weight excluding hydrogens is 340 g/mol. The van der Waals surface area contributed by atoms with Crippen molar-refractivity contribution >= 4 is 33.6 Å². The quantitative estimate of drug-likeness (QED) is 0.325. The third kappa shape index (κ3) is 3.06. The Kier molecular flexibility index (Phi) is 4.15. The Morgan fingerprint density at radius 3 is 2.29 bits per heavy atom. The second kappa shape index (κ2) is 7.09. The first-order chi connectivity index (χ1) is 13.9. The number of aromatic nitrogens is 1. The molecule has 0 amide bonds. The number of fused-ring (bicyclic) bond motifs is 2. The van der Waals surface area contributed by atoms with Crippen LogP contribution in [0, 0.1) is 0 Å². The van der Waals surface area contributed by atoms with Crippen molar-refractivity contribution in [2.45, 2.75) is 0 Å². The average molecular weight is 358 g/mol. The fraction of sp³-hybridized carbons (Fsp3) is 0. The summed E-state index contributed by atoms with van der Waals surface area (Å²) in [6, 6.07) is 35.2. The summed E-state index contributed by atoms with van der Waals surface area (Å²) in [5.74, 6) is 0. The van der Waals surface area contributed by atoms with Crippen molar-refractivity contribution in [3.05, 3.63) is 109 Å². The lowest BCUT2D eigenvalue weighted by atomic mass is 10.0. The molecule has 0 aliphatic heterocycles. The normalized spacial score (nSPS) is 11.4. The number of nitrogens with zero attached hydrogens (tertiary/aromatic N) is 2. The van der Waals surface area contributed by atoms with Gasteiger partial charge < -0.3 is 0 Å². The van der Waals surface area contributed by atoms with Crippen molar-refractivity contribution in [3.63, 3.8) is 0 Å². The Morgan fingerprint density at radius 1 is 0.607 bits per heavy atom. The fourth-order valence-corrected chi connectivity index (χ4v) is 3.52. The van der Waals surface area contributed by atoms with Gasteiger partial charge in [-0.2, -0.15) is 0 Å². The van der Waals surface area contributed by atoms with E-state index >= 15 is 0 Å². The molecule has 28 heavy (non-hydrogen) atoms. The van der Waals surface area contributed by atoms with E-state index in [4.69, 9.17) is 9.98 Å². The van der Waals surface area contributed by atoms with Gasteiger partial charge >= 0.3 is 0 Å². The molecule has 5 rings (SSSR count). The standard InChI is InChI=1S/C26H18N2/c1-2-8-19(9-3-1)18-27-25-15-7-12-21-16-17-24(28-26(21)25)23-14-6-11-20-10-4-5-13-22(20)23/h1-18H. The van der Waals surface area contributed by atoms with Gasteiger partial charge in [-0.15, -0.1) is 0 Å². The average Bonchev–Trinajstić information content (AvgIpc) is 2.77. The van der Waals surface area contributed by atoms with Gasteiger partial charge in [0, 0.05) is 17.2 Å². The van der Waals surface area contributed by atoms with Crippen LogP contribution >= 0.6 is 0 Å². The van der Waals surface area contributed by atoms with Gasteiger partial charge in [0.1, 0.15) is 0 Å². The number of pyridine rings is 1. The van der Waals surface area contributed by atoms with Gasteiger partial charge in [-0.05, 0) is 28.5 Å². The molecule has 132 valence electrons. The number of hydrogen-bond donors (Lipinski definition) is 0. The number of benzene rings is 4. The van der Waals surface area contributed by atoms with Crippen molar-refractivity contribution < 1.29 is 0 Å². The Bertz CT molecular complexity index is 1300. The molecule has 0 saturated heterocycles. The maximum atomic E-state index is 4.99. The van der Waals surface area contributed by atoms with Gasteiger partial charge in [-0.1, -0.05) is 91.0 Å². The lowest BCUT2D eigenvalue weighted by molar-refractivity contribution is 1.39. The summed E-state index contributed by atoms with van der Waals surface area (Å²) in [6.07, 6.45) is 1.89. The van der Waals surface area contributed by atoms with Crippen molar-refractivity contribution in [3.8, 4) is 11.3 Å². The zero-order chi connectivity index (χ0) is 18.8. The first kappa shape index (κ1) is 16.4. The van der Waals surface area contributed by atoms with E-state index in [2.05, 4.69) is 60.7 Å². The van der Waals surface area contributed by atoms with Gasteiger partial charge in [-0.3, -0.25) is 4.99 Å². The second-order valence-electron chi connectivity index (χ2n) is 6.74. The van der Waals surface area contributed by atoms with Crippen LogP contribution in [-0.2, 0) is 0 Å². The van der Waals surface area contributed by atoms with E-state index in [-0.39, 0.29) is 0 Å². The molecule has 5 aromatic rings. The molecule has 0 aliphatic rings. The molecule has 0 spiro atoms. The van der Waals surface area contributed by atoms with Crippen LogP contribution in [-0.4, -0.2) is 11.2 Å². The second-order valence-corrected chi connectivity index (χ2v) is 6.74. The van der Waals surface area contributed by atoms with Crippen LogP contribution in [0.15, 0.2) is 108 Å². The maximum Gasteiger partial charge on any atom is 0.0965 e. The lowest BCUT2D eigenvalue weighted by Gasteiger charge is -2.08. The summed E-state index contributed by atoms with van der Waals surface area (Å²) >= 11 is 0. The highest BCUT2D eigenvalue weighted by molar-refractivity contribution is 5.98. The van der Waals surface area contributed by atoms with E-state index in [0.717, 1.165) is 33.4 Å². The molecule has 1 heterocycles. The number of hydrogen-bond acceptors (Lipinski definition) is 2. The molecular formula is C26H18N2. The van der Waals surface area contributed by atoms with Crippen LogP contribution < -0.4 is 0 Å². The minimum atomic E-state index is 0.878. The van der Waals surface area contributed by atoms with E-state index in [1.165, 1.54) is 10.8 Å². The summed E-state index contributed by atoms with van der Waals surface area (Å²) in [5, 5.41) is 3.52. The minimum Gasteiger partial charge on any atom is -0.254 e. The lowest BCUT2D eigenvalue weighted by Crippen LogP contribution is -1.88. The molecule has 4 aromatic carbocycles. The fourth-order valence-electron chi connectivity index (χ4n) is 3.52. The summed E-state index contributed by atoms with van der Waals surface area (Å²) in [5.41, 5.74) is 4.97. The molecule has 2 heteroatoms. The van der Waals surface area contributed by atoms with Crippen LogP contribution in [0.3, 0.4) is 0 Å². The molecule has 0 N–H and O–H groups in total. The monoisotopic (exact) mass is 358 g/mol. The van der Waals surface area contributed by atoms with Crippen molar-refractivity contribution in [2.24, 2.45) is 4.99 Å².